The first-order chi connectivity index (χ1) is 16.3. The molecule has 0 aliphatic rings. The van der Waals surface area contributed by atoms with Crippen molar-refractivity contribution < 1.29 is 29.0 Å². The fraction of sp³-hybridized carbons (Fsp3) is 0.0455. The molecule has 172 valence electrons. The Balaban J connectivity index is 1.84. The highest BCUT2D eigenvalue weighted by atomic mass is 16.7. The van der Waals surface area contributed by atoms with Crippen LogP contribution < -0.4 is 10.1 Å². The average Bonchev–Trinajstić information content (AvgIpc) is 2.86. The van der Waals surface area contributed by atoms with Crippen LogP contribution in [0.3, 0.4) is 0 Å². The molecular weight excluding hydrogens is 448 g/mol. The molecule has 0 aliphatic carbocycles. The van der Waals surface area contributed by atoms with E-state index in [0.29, 0.717) is 11.3 Å². The molecule has 0 spiro atoms. The fourth-order valence-corrected chi connectivity index (χ4v) is 2.67. The summed E-state index contributed by atoms with van der Waals surface area (Å²) in [6.07, 6.45) is 0. The third-order valence-electron chi connectivity index (χ3n) is 4.47. The number of oxime groups is 1. The highest BCUT2D eigenvalue weighted by Gasteiger charge is 2.16. The molecule has 34 heavy (non-hydrogen) atoms. The van der Waals surface area contributed by atoms with E-state index in [0.717, 1.165) is 12.1 Å². The van der Waals surface area contributed by atoms with E-state index in [1.807, 2.05) is 0 Å². The van der Waals surface area contributed by atoms with Gasteiger partial charge in [0, 0.05) is 35.4 Å². The van der Waals surface area contributed by atoms with E-state index in [2.05, 4.69) is 10.5 Å². The topological polar surface area (TPSA) is 163 Å². The van der Waals surface area contributed by atoms with Crippen molar-refractivity contribution in [2.45, 2.75) is 0 Å². The van der Waals surface area contributed by atoms with Crippen LogP contribution in [0, 0.1) is 20.2 Å². The number of hydrogen-bond donors (Lipinski definition) is 1. The van der Waals surface area contributed by atoms with Crippen LogP contribution in [0.5, 0.6) is 5.75 Å². The third kappa shape index (κ3) is 5.76. The minimum Gasteiger partial charge on any atom is -0.497 e. The van der Waals surface area contributed by atoms with E-state index in [-0.39, 0.29) is 28.3 Å². The van der Waals surface area contributed by atoms with Crippen molar-refractivity contribution in [1.82, 2.24) is 5.32 Å². The molecule has 0 aliphatic heterocycles. The van der Waals surface area contributed by atoms with Gasteiger partial charge in [-0.1, -0.05) is 5.16 Å². The zero-order chi connectivity index (χ0) is 24.7. The summed E-state index contributed by atoms with van der Waals surface area (Å²) in [5.74, 6) is -1.16. The summed E-state index contributed by atoms with van der Waals surface area (Å²) >= 11 is 0. The number of methoxy groups -OCH3 is 1. The largest absolute Gasteiger partial charge is 0.497 e. The second-order valence-electron chi connectivity index (χ2n) is 6.61. The Morgan fingerprint density at radius 2 is 1.24 bits per heavy atom. The summed E-state index contributed by atoms with van der Waals surface area (Å²) in [6, 6.07) is 15.9. The molecule has 0 heterocycles. The number of carbonyl (C=O) groups is 2. The second-order valence-corrected chi connectivity index (χ2v) is 6.61. The van der Waals surface area contributed by atoms with E-state index in [4.69, 9.17) is 9.57 Å². The molecule has 3 aromatic carbocycles. The van der Waals surface area contributed by atoms with E-state index in [1.54, 1.807) is 24.3 Å². The minimum absolute atomic E-state index is 0.00475. The number of amides is 1. The molecule has 1 N–H and O–H groups in total. The molecule has 3 aromatic rings. The van der Waals surface area contributed by atoms with Crippen molar-refractivity contribution in [3.05, 3.63) is 110 Å². The number of hydrogen-bond acceptors (Lipinski definition) is 9. The first-order valence-corrected chi connectivity index (χ1v) is 9.52. The van der Waals surface area contributed by atoms with Gasteiger partial charge in [0.2, 0.25) is 0 Å². The van der Waals surface area contributed by atoms with Crippen molar-refractivity contribution in [1.29, 1.82) is 0 Å². The van der Waals surface area contributed by atoms with Gasteiger partial charge in [-0.2, -0.15) is 0 Å². The Morgan fingerprint density at radius 3 is 1.71 bits per heavy atom. The second kappa shape index (κ2) is 10.5. The van der Waals surface area contributed by atoms with Gasteiger partial charge in [-0.25, -0.2) is 4.79 Å². The lowest BCUT2D eigenvalue weighted by atomic mass is 10.1. The van der Waals surface area contributed by atoms with E-state index in [9.17, 15) is 29.8 Å². The van der Waals surface area contributed by atoms with Crippen LogP contribution in [0.25, 0.3) is 0 Å². The van der Waals surface area contributed by atoms with Crippen molar-refractivity contribution >= 4 is 29.1 Å². The highest BCUT2D eigenvalue weighted by molar-refractivity contribution is 6.12. The molecule has 0 saturated heterocycles. The zero-order valence-corrected chi connectivity index (χ0v) is 17.5. The Kier molecular flexibility index (Phi) is 7.24. The molecule has 3 rings (SSSR count). The number of nitrogens with zero attached hydrogens (tertiary/aromatic N) is 3. The Morgan fingerprint density at radius 1 is 0.765 bits per heavy atom. The maximum atomic E-state index is 12.7. The lowest BCUT2D eigenvalue weighted by molar-refractivity contribution is -0.385. The predicted octanol–water partition coefficient (Wildman–Crippen LogP) is 3.46. The maximum Gasteiger partial charge on any atom is 0.365 e. The zero-order valence-electron chi connectivity index (χ0n) is 17.5. The number of rotatable bonds is 7. The van der Waals surface area contributed by atoms with E-state index in [1.165, 1.54) is 43.5 Å². The van der Waals surface area contributed by atoms with Gasteiger partial charge >= 0.3 is 5.97 Å². The van der Waals surface area contributed by atoms with Gasteiger partial charge in [0.15, 0.2) is 5.84 Å². The molecule has 0 aromatic heterocycles. The molecule has 1 amide bonds. The Labute approximate surface area is 191 Å². The van der Waals surface area contributed by atoms with Gasteiger partial charge in [-0.15, -0.1) is 0 Å². The average molecular weight is 464 g/mol. The third-order valence-corrected chi connectivity index (χ3v) is 4.47. The smallest absolute Gasteiger partial charge is 0.365 e. The number of amidine groups is 1. The van der Waals surface area contributed by atoms with Crippen LogP contribution in [0.1, 0.15) is 26.3 Å². The molecule has 12 heteroatoms. The van der Waals surface area contributed by atoms with Crippen molar-refractivity contribution in [3.63, 3.8) is 0 Å². The number of carbonyl (C=O) groups excluding carboxylic acids is 2. The fourth-order valence-electron chi connectivity index (χ4n) is 2.67. The van der Waals surface area contributed by atoms with Gasteiger partial charge in [0.05, 0.1) is 22.5 Å². The van der Waals surface area contributed by atoms with Gasteiger partial charge < -0.3 is 14.9 Å². The summed E-state index contributed by atoms with van der Waals surface area (Å²) in [5.41, 5.74) is 0.0955. The van der Waals surface area contributed by atoms with Gasteiger partial charge in [-0.05, 0) is 48.5 Å². The Hall–Kier alpha value is -5.13. The molecular formula is C22H16N4O8. The minimum atomic E-state index is -0.912. The molecule has 0 bridgehead atoms. The van der Waals surface area contributed by atoms with Crippen LogP contribution in [-0.2, 0) is 4.84 Å². The SMILES string of the molecule is COc1ccc(/C(=N\OC(=O)c2ccc([N+](=O)[O-])cc2)NC(=O)c2ccc([N+](=O)[O-])cc2)cc1. The van der Waals surface area contributed by atoms with Crippen LogP contribution in [0.4, 0.5) is 11.4 Å². The van der Waals surface area contributed by atoms with Crippen molar-refractivity contribution in [3.8, 4) is 5.75 Å². The van der Waals surface area contributed by atoms with E-state index < -0.39 is 21.7 Å². The number of ether oxygens (including phenoxy) is 1. The number of nitro benzene ring substituents is 2. The first kappa shape index (κ1) is 23.5. The number of nitro groups is 2. The first-order valence-electron chi connectivity index (χ1n) is 9.52. The summed E-state index contributed by atoms with van der Waals surface area (Å²) < 4.78 is 5.10. The maximum absolute atomic E-state index is 12.7. The van der Waals surface area contributed by atoms with Gasteiger partial charge in [0.25, 0.3) is 17.3 Å². The Bertz CT molecular complexity index is 1250. The molecule has 0 saturated carbocycles. The molecule has 0 fully saturated rings. The lowest BCUT2D eigenvalue weighted by Crippen LogP contribution is -2.31. The summed E-state index contributed by atoms with van der Waals surface area (Å²) in [6.45, 7) is 0. The van der Waals surface area contributed by atoms with Crippen LogP contribution in [0.2, 0.25) is 0 Å². The van der Waals surface area contributed by atoms with E-state index >= 15 is 0 Å². The summed E-state index contributed by atoms with van der Waals surface area (Å²) in [7, 11) is 1.48. The van der Waals surface area contributed by atoms with Crippen LogP contribution in [0.15, 0.2) is 78.0 Å². The van der Waals surface area contributed by atoms with Crippen LogP contribution >= 0.6 is 0 Å². The summed E-state index contributed by atoms with van der Waals surface area (Å²) in [5, 5.41) is 27.8. The standard InChI is InChI=1S/C22H16N4O8/c1-33-19-12-6-14(7-13-19)20(23-21(27)15-2-8-17(9-3-15)25(29)30)24-34-22(28)16-4-10-18(11-5-16)26(31)32/h2-13H,1H3,(H,23,24,27). The molecule has 0 atom stereocenters. The monoisotopic (exact) mass is 464 g/mol. The number of nitrogens with one attached hydrogen (secondary N) is 1. The molecule has 0 unspecified atom stereocenters. The van der Waals surface area contributed by atoms with Gasteiger partial charge in [-0.3, -0.25) is 25.0 Å². The number of benzene rings is 3. The summed E-state index contributed by atoms with van der Waals surface area (Å²) in [4.78, 5) is 50.3. The normalized spacial score (nSPS) is 10.8. The van der Waals surface area contributed by atoms with Crippen molar-refractivity contribution in [2.75, 3.05) is 7.11 Å². The lowest BCUT2D eigenvalue weighted by Gasteiger charge is -2.09. The predicted molar refractivity (Wildman–Crippen MR) is 119 cm³/mol. The quantitative estimate of drug-likeness (QED) is 0.183. The molecule has 0 radical (unpaired) electrons. The highest BCUT2D eigenvalue weighted by Crippen LogP contribution is 2.15. The number of non-ortho nitro benzene ring substituents is 2. The van der Waals surface area contributed by atoms with Gasteiger partial charge in [0.1, 0.15) is 5.75 Å². The van der Waals surface area contributed by atoms with Crippen molar-refractivity contribution in [2.24, 2.45) is 5.16 Å². The van der Waals surface area contributed by atoms with Crippen LogP contribution in [-0.4, -0.2) is 34.7 Å². The molecule has 12 nitrogen and oxygen atoms in total.